The number of amides is 1. The minimum atomic E-state index is 0.275. The van der Waals surface area contributed by atoms with Crippen molar-refractivity contribution in [1.82, 2.24) is 10.2 Å². The number of carbonyl (C=O) groups excluding carboxylic acids is 1. The minimum Gasteiger partial charge on any atom is -0.373 e. The molecule has 0 aromatic heterocycles. The van der Waals surface area contributed by atoms with Crippen molar-refractivity contribution in [3.05, 3.63) is 30.3 Å². The van der Waals surface area contributed by atoms with Gasteiger partial charge in [0, 0.05) is 39.3 Å². The molecule has 0 spiro atoms. The molecule has 128 valence electrons. The normalized spacial score (nSPS) is 16.8. The van der Waals surface area contributed by atoms with Crippen molar-refractivity contribution < 1.29 is 4.79 Å². The van der Waals surface area contributed by atoms with Crippen LogP contribution in [0, 0.1) is 11.8 Å². The van der Waals surface area contributed by atoms with Gasteiger partial charge in [0.15, 0.2) is 0 Å². The van der Waals surface area contributed by atoms with E-state index >= 15 is 0 Å². The maximum atomic E-state index is 12.4. The Bertz CT molecular complexity index is 471. The number of benzene rings is 1. The highest BCUT2D eigenvalue weighted by Gasteiger charge is 2.23. The Balaban J connectivity index is 1.74. The molecule has 1 amide bonds. The summed E-state index contributed by atoms with van der Waals surface area (Å²) < 4.78 is 0. The summed E-state index contributed by atoms with van der Waals surface area (Å²) in [5.74, 6) is 1.46. The average molecular weight is 317 g/mol. The standard InChI is InChI=1S/C19H31N3O/c1-16(17-9-11-20-12-10-17)15-19(23)22(3)14-13-21(2)18-7-5-4-6-8-18/h4-8,16-17,20H,9-15H2,1-3H3. The van der Waals surface area contributed by atoms with Gasteiger partial charge in [0.05, 0.1) is 0 Å². The molecule has 23 heavy (non-hydrogen) atoms. The van der Waals surface area contributed by atoms with Crippen LogP contribution in [-0.2, 0) is 4.79 Å². The van der Waals surface area contributed by atoms with Crippen LogP contribution in [0.1, 0.15) is 26.2 Å². The Kier molecular flexibility index (Phi) is 6.90. The smallest absolute Gasteiger partial charge is 0.222 e. The summed E-state index contributed by atoms with van der Waals surface area (Å²) in [7, 11) is 4.00. The number of hydrogen-bond donors (Lipinski definition) is 1. The van der Waals surface area contributed by atoms with Crippen LogP contribution >= 0.6 is 0 Å². The number of carbonyl (C=O) groups is 1. The molecule has 1 saturated heterocycles. The molecule has 0 aliphatic carbocycles. The van der Waals surface area contributed by atoms with E-state index in [4.69, 9.17) is 0 Å². The van der Waals surface area contributed by atoms with E-state index in [0.717, 1.165) is 26.2 Å². The van der Waals surface area contributed by atoms with Gasteiger partial charge < -0.3 is 15.1 Å². The van der Waals surface area contributed by atoms with Crippen molar-refractivity contribution in [1.29, 1.82) is 0 Å². The van der Waals surface area contributed by atoms with Crippen LogP contribution in [0.5, 0.6) is 0 Å². The number of hydrogen-bond acceptors (Lipinski definition) is 3. The summed E-state index contributed by atoms with van der Waals surface area (Å²) in [6, 6.07) is 10.3. The highest BCUT2D eigenvalue weighted by Crippen LogP contribution is 2.24. The molecule has 2 rings (SSSR count). The van der Waals surface area contributed by atoms with Crippen molar-refractivity contribution in [2.45, 2.75) is 26.2 Å². The van der Waals surface area contributed by atoms with Gasteiger partial charge in [-0.3, -0.25) is 4.79 Å². The zero-order chi connectivity index (χ0) is 16.7. The minimum absolute atomic E-state index is 0.275. The lowest BCUT2D eigenvalue weighted by molar-refractivity contribution is -0.131. The predicted octanol–water partition coefficient (Wildman–Crippen LogP) is 2.61. The molecule has 0 radical (unpaired) electrons. The molecule has 4 nitrogen and oxygen atoms in total. The predicted molar refractivity (Wildman–Crippen MR) is 96.7 cm³/mol. The molecule has 1 aromatic carbocycles. The third-order valence-electron chi connectivity index (χ3n) is 5.08. The molecule has 1 fully saturated rings. The highest BCUT2D eigenvalue weighted by atomic mass is 16.2. The van der Waals surface area contributed by atoms with E-state index in [-0.39, 0.29) is 5.91 Å². The van der Waals surface area contributed by atoms with Gasteiger partial charge in [-0.05, 0) is 49.9 Å². The Morgan fingerprint density at radius 1 is 1.17 bits per heavy atom. The Labute approximate surface area is 140 Å². The van der Waals surface area contributed by atoms with Gasteiger partial charge in [0.1, 0.15) is 0 Å². The van der Waals surface area contributed by atoms with Crippen LogP contribution in [0.4, 0.5) is 5.69 Å². The first-order valence-corrected chi connectivity index (χ1v) is 8.78. The van der Waals surface area contributed by atoms with Gasteiger partial charge in [-0.25, -0.2) is 0 Å². The summed E-state index contributed by atoms with van der Waals surface area (Å²) in [4.78, 5) is 16.5. The summed E-state index contributed by atoms with van der Waals surface area (Å²) >= 11 is 0. The molecule has 1 heterocycles. The molecule has 0 saturated carbocycles. The van der Waals surface area contributed by atoms with E-state index in [0.29, 0.717) is 18.3 Å². The Morgan fingerprint density at radius 3 is 2.48 bits per heavy atom. The monoisotopic (exact) mass is 317 g/mol. The molecule has 1 aliphatic rings. The van der Waals surface area contributed by atoms with E-state index in [2.05, 4.69) is 36.3 Å². The zero-order valence-corrected chi connectivity index (χ0v) is 14.8. The third-order valence-corrected chi connectivity index (χ3v) is 5.08. The first kappa shape index (κ1) is 17.8. The van der Waals surface area contributed by atoms with E-state index in [1.54, 1.807) is 0 Å². The first-order chi connectivity index (χ1) is 11.1. The topological polar surface area (TPSA) is 35.6 Å². The fourth-order valence-electron chi connectivity index (χ4n) is 3.25. The second kappa shape index (κ2) is 8.92. The SMILES string of the molecule is CC(CC(=O)N(C)CCN(C)c1ccccc1)C1CCNCC1. The summed E-state index contributed by atoms with van der Waals surface area (Å²) in [5.41, 5.74) is 1.19. The van der Waals surface area contributed by atoms with E-state index in [1.165, 1.54) is 18.5 Å². The fourth-order valence-corrected chi connectivity index (χ4v) is 3.25. The molecular formula is C19H31N3O. The number of nitrogens with zero attached hydrogens (tertiary/aromatic N) is 2. The van der Waals surface area contributed by atoms with Crippen LogP contribution in [0.25, 0.3) is 0 Å². The molecule has 4 heteroatoms. The largest absolute Gasteiger partial charge is 0.373 e. The van der Waals surface area contributed by atoms with E-state index in [1.807, 2.05) is 30.1 Å². The number of nitrogens with one attached hydrogen (secondary N) is 1. The molecule has 1 N–H and O–H groups in total. The molecule has 1 aliphatic heterocycles. The van der Waals surface area contributed by atoms with E-state index < -0.39 is 0 Å². The van der Waals surface area contributed by atoms with Gasteiger partial charge in [-0.15, -0.1) is 0 Å². The number of likely N-dealkylation sites (N-methyl/N-ethyl adjacent to an activating group) is 2. The van der Waals surface area contributed by atoms with Crippen molar-refractivity contribution in [3.63, 3.8) is 0 Å². The Morgan fingerprint density at radius 2 is 1.83 bits per heavy atom. The maximum absolute atomic E-state index is 12.4. The van der Waals surface area contributed by atoms with Crippen LogP contribution in [0.2, 0.25) is 0 Å². The van der Waals surface area contributed by atoms with Crippen molar-refractivity contribution in [2.75, 3.05) is 45.2 Å². The quantitative estimate of drug-likeness (QED) is 0.840. The van der Waals surface area contributed by atoms with Gasteiger partial charge in [-0.1, -0.05) is 25.1 Å². The number of anilines is 1. The van der Waals surface area contributed by atoms with Gasteiger partial charge in [-0.2, -0.15) is 0 Å². The lowest BCUT2D eigenvalue weighted by Gasteiger charge is -2.29. The zero-order valence-electron chi connectivity index (χ0n) is 14.8. The third kappa shape index (κ3) is 5.54. The second-order valence-corrected chi connectivity index (χ2v) is 6.84. The molecule has 1 atom stereocenters. The number of para-hydroxylation sites is 1. The van der Waals surface area contributed by atoms with Crippen molar-refractivity contribution in [3.8, 4) is 0 Å². The average Bonchev–Trinajstić information content (AvgIpc) is 2.60. The number of piperidine rings is 1. The van der Waals surface area contributed by atoms with Crippen LogP contribution in [0.15, 0.2) is 30.3 Å². The second-order valence-electron chi connectivity index (χ2n) is 6.84. The lowest BCUT2D eigenvalue weighted by atomic mass is 9.84. The highest BCUT2D eigenvalue weighted by molar-refractivity contribution is 5.76. The van der Waals surface area contributed by atoms with Crippen molar-refractivity contribution >= 4 is 11.6 Å². The molecule has 1 unspecified atom stereocenters. The number of rotatable bonds is 7. The van der Waals surface area contributed by atoms with Gasteiger partial charge in [0.25, 0.3) is 0 Å². The molecular weight excluding hydrogens is 286 g/mol. The molecule has 0 bridgehead atoms. The first-order valence-electron chi connectivity index (χ1n) is 8.78. The summed E-state index contributed by atoms with van der Waals surface area (Å²) in [6.45, 7) is 6.05. The fraction of sp³-hybridized carbons (Fsp3) is 0.632. The van der Waals surface area contributed by atoms with Crippen LogP contribution in [0.3, 0.4) is 0 Å². The van der Waals surface area contributed by atoms with Crippen molar-refractivity contribution in [2.24, 2.45) is 11.8 Å². The summed E-state index contributed by atoms with van der Waals surface area (Å²) in [5, 5.41) is 3.39. The van der Waals surface area contributed by atoms with Crippen LogP contribution in [-0.4, -0.2) is 51.1 Å². The lowest BCUT2D eigenvalue weighted by Crippen LogP contribution is -2.37. The van der Waals surface area contributed by atoms with E-state index in [9.17, 15) is 4.79 Å². The van der Waals surface area contributed by atoms with Crippen LogP contribution < -0.4 is 10.2 Å². The van der Waals surface area contributed by atoms with Gasteiger partial charge in [0.2, 0.25) is 5.91 Å². The maximum Gasteiger partial charge on any atom is 0.222 e. The Hall–Kier alpha value is -1.55. The van der Waals surface area contributed by atoms with Gasteiger partial charge >= 0.3 is 0 Å². The molecule has 1 aromatic rings. The summed E-state index contributed by atoms with van der Waals surface area (Å²) in [6.07, 6.45) is 3.08.